The third-order valence-corrected chi connectivity index (χ3v) is 2.93. The van der Waals surface area contributed by atoms with Crippen molar-refractivity contribution in [1.29, 1.82) is 0 Å². The van der Waals surface area contributed by atoms with Crippen molar-refractivity contribution >= 4 is 33.5 Å². The van der Waals surface area contributed by atoms with Crippen molar-refractivity contribution in [2.75, 3.05) is 11.9 Å². The zero-order chi connectivity index (χ0) is 15.2. The van der Waals surface area contributed by atoms with E-state index in [2.05, 4.69) is 31.2 Å². The predicted molar refractivity (Wildman–Crippen MR) is 79.8 cm³/mol. The van der Waals surface area contributed by atoms with Gasteiger partial charge in [-0.3, -0.25) is 9.78 Å². The minimum absolute atomic E-state index is 0.0656. The summed E-state index contributed by atoms with van der Waals surface area (Å²) < 4.78 is 5.71. The first-order valence-electron chi connectivity index (χ1n) is 6.06. The molecule has 2 rings (SSSR count). The highest BCUT2D eigenvalue weighted by atomic mass is 79.9. The minimum atomic E-state index is -0.688. The Morgan fingerprint density at radius 1 is 1.29 bits per heavy atom. The highest BCUT2D eigenvalue weighted by Crippen LogP contribution is 2.15. The second kappa shape index (κ2) is 6.94. The van der Waals surface area contributed by atoms with Crippen LogP contribution in [0.4, 0.5) is 5.69 Å². The molecule has 1 N–H and O–H groups in total. The molecule has 0 aliphatic rings. The Morgan fingerprint density at radius 3 is 2.76 bits per heavy atom. The van der Waals surface area contributed by atoms with Crippen LogP contribution < -0.4 is 5.32 Å². The fourth-order valence-electron chi connectivity index (χ4n) is 1.47. The molecule has 0 saturated carbocycles. The van der Waals surface area contributed by atoms with Crippen LogP contribution in [0.5, 0.6) is 0 Å². The summed E-state index contributed by atoms with van der Waals surface area (Å²) in [6.45, 7) is 1.37. The molecule has 0 radical (unpaired) electrons. The second-order valence-corrected chi connectivity index (χ2v) is 5.09. The van der Waals surface area contributed by atoms with Crippen LogP contribution in [0.2, 0.25) is 0 Å². The van der Waals surface area contributed by atoms with Crippen LogP contribution in [-0.2, 0) is 9.53 Å². The van der Waals surface area contributed by atoms with Gasteiger partial charge in [0.25, 0.3) is 5.91 Å². The molecular weight excluding hydrogens is 338 g/mol. The fourth-order valence-corrected chi connectivity index (χ4v) is 1.87. The van der Waals surface area contributed by atoms with E-state index in [1.807, 2.05) is 6.07 Å². The molecule has 1 aromatic carbocycles. The number of amides is 1. The van der Waals surface area contributed by atoms with Crippen molar-refractivity contribution in [3.63, 3.8) is 0 Å². The number of halogens is 1. The van der Waals surface area contributed by atoms with Crippen LogP contribution in [0.15, 0.2) is 41.1 Å². The third-order valence-electron chi connectivity index (χ3n) is 2.43. The first-order valence-corrected chi connectivity index (χ1v) is 6.85. The molecule has 0 atom stereocenters. The van der Waals surface area contributed by atoms with Gasteiger partial charge < -0.3 is 10.1 Å². The van der Waals surface area contributed by atoms with E-state index in [0.717, 1.165) is 4.47 Å². The number of benzene rings is 1. The summed E-state index contributed by atoms with van der Waals surface area (Å²) in [6.07, 6.45) is 2.77. The fraction of sp³-hybridized carbons (Fsp3) is 0.143. The number of hydrogen-bond acceptors (Lipinski definition) is 5. The molecule has 1 amide bonds. The Kier molecular flexibility index (Phi) is 4.99. The Balaban J connectivity index is 1.86. The number of aryl methyl sites for hydroxylation is 1. The van der Waals surface area contributed by atoms with Gasteiger partial charge in [0.15, 0.2) is 12.3 Å². The van der Waals surface area contributed by atoms with E-state index < -0.39 is 11.9 Å². The number of anilines is 1. The Bertz CT molecular complexity index is 659. The summed E-state index contributed by atoms with van der Waals surface area (Å²) in [4.78, 5) is 31.1. The van der Waals surface area contributed by atoms with Crippen LogP contribution in [-0.4, -0.2) is 28.5 Å². The number of aromatic nitrogens is 2. The van der Waals surface area contributed by atoms with Gasteiger partial charge in [-0.1, -0.05) is 22.0 Å². The molecule has 1 aromatic heterocycles. The molecule has 21 heavy (non-hydrogen) atoms. The van der Waals surface area contributed by atoms with Gasteiger partial charge in [-0.05, 0) is 25.1 Å². The molecule has 2 aromatic rings. The Labute approximate surface area is 129 Å². The highest BCUT2D eigenvalue weighted by molar-refractivity contribution is 9.10. The summed E-state index contributed by atoms with van der Waals surface area (Å²) in [5, 5.41) is 2.62. The highest BCUT2D eigenvalue weighted by Gasteiger charge is 2.12. The van der Waals surface area contributed by atoms with Crippen LogP contribution in [0.25, 0.3) is 0 Å². The van der Waals surface area contributed by atoms with Crippen molar-refractivity contribution in [1.82, 2.24) is 9.97 Å². The number of ether oxygens (including phenoxy) is 1. The number of nitrogens with zero attached hydrogens (tertiary/aromatic N) is 2. The van der Waals surface area contributed by atoms with Crippen molar-refractivity contribution < 1.29 is 14.3 Å². The topological polar surface area (TPSA) is 81.2 Å². The van der Waals surface area contributed by atoms with Gasteiger partial charge >= 0.3 is 5.97 Å². The van der Waals surface area contributed by atoms with Crippen LogP contribution in [0, 0.1) is 6.92 Å². The molecule has 0 aliphatic carbocycles. The molecule has 0 spiro atoms. The summed E-state index contributed by atoms with van der Waals surface area (Å²) in [5.74, 6) is -1.12. The Hall–Kier alpha value is -2.28. The molecule has 0 fully saturated rings. The van der Waals surface area contributed by atoms with E-state index in [1.54, 1.807) is 25.1 Å². The lowest BCUT2D eigenvalue weighted by molar-refractivity contribution is -0.119. The quantitative estimate of drug-likeness (QED) is 0.856. The van der Waals surface area contributed by atoms with Crippen molar-refractivity contribution in [2.45, 2.75) is 6.92 Å². The lowest BCUT2D eigenvalue weighted by atomic mass is 10.3. The third kappa shape index (κ3) is 4.64. The lowest BCUT2D eigenvalue weighted by Crippen LogP contribution is -2.21. The summed E-state index contributed by atoms with van der Waals surface area (Å²) in [6, 6.07) is 7.10. The summed E-state index contributed by atoms with van der Waals surface area (Å²) in [5.41, 5.74) is 1.37. The number of rotatable bonds is 4. The molecule has 0 aliphatic heterocycles. The van der Waals surface area contributed by atoms with E-state index in [-0.39, 0.29) is 12.3 Å². The van der Waals surface area contributed by atoms with Gasteiger partial charge in [0.05, 0.1) is 11.9 Å². The number of carbonyl (C=O) groups is 2. The predicted octanol–water partition coefficient (Wildman–Crippen LogP) is 2.34. The molecule has 108 valence electrons. The lowest BCUT2D eigenvalue weighted by Gasteiger charge is -2.06. The maximum absolute atomic E-state index is 11.7. The van der Waals surface area contributed by atoms with Gasteiger partial charge in [-0.25, -0.2) is 9.78 Å². The van der Waals surface area contributed by atoms with E-state index in [0.29, 0.717) is 11.4 Å². The molecular formula is C14H12BrN3O3. The van der Waals surface area contributed by atoms with Crippen molar-refractivity contribution in [2.24, 2.45) is 0 Å². The van der Waals surface area contributed by atoms with Gasteiger partial charge in [-0.15, -0.1) is 0 Å². The van der Waals surface area contributed by atoms with Crippen LogP contribution in [0.3, 0.4) is 0 Å². The van der Waals surface area contributed by atoms with E-state index in [4.69, 9.17) is 4.74 Å². The average Bonchev–Trinajstić information content (AvgIpc) is 2.45. The Morgan fingerprint density at radius 2 is 2.10 bits per heavy atom. The zero-order valence-corrected chi connectivity index (χ0v) is 12.8. The van der Waals surface area contributed by atoms with Gasteiger partial charge in [0.2, 0.25) is 0 Å². The maximum atomic E-state index is 11.7. The summed E-state index contributed by atoms with van der Waals surface area (Å²) >= 11 is 3.30. The second-order valence-electron chi connectivity index (χ2n) is 4.18. The molecule has 0 bridgehead atoms. The molecule has 0 saturated heterocycles. The van der Waals surface area contributed by atoms with Gasteiger partial charge in [0, 0.05) is 16.4 Å². The van der Waals surface area contributed by atoms with E-state index in [1.165, 1.54) is 12.4 Å². The normalized spacial score (nSPS) is 10.0. The number of esters is 1. The van der Waals surface area contributed by atoms with E-state index >= 15 is 0 Å². The van der Waals surface area contributed by atoms with Gasteiger partial charge in [0.1, 0.15) is 0 Å². The summed E-state index contributed by atoms with van der Waals surface area (Å²) in [7, 11) is 0. The molecule has 1 heterocycles. The number of nitrogens with one attached hydrogen (secondary N) is 1. The van der Waals surface area contributed by atoms with E-state index in [9.17, 15) is 9.59 Å². The molecule has 7 heteroatoms. The molecule has 0 unspecified atom stereocenters. The SMILES string of the molecule is Cc1cnc(C(=O)OCC(=O)Nc2cccc(Br)c2)cn1. The average molecular weight is 350 g/mol. The molecule has 6 nitrogen and oxygen atoms in total. The first-order chi connectivity index (χ1) is 10.0. The zero-order valence-electron chi connectivity index (χ0n) is 11.2. The monoisotopic (exact) mass is 349 g/mol. The smallest absolute Gasteiger partial charge is 0.359 e. The van der Waals surface area contributed by atoms with Crippen LogP contribution in [0.1, 0.15) is 16.2 Å². The van der Waals surface area contributed by atoms with Gasteiger partial charge in [-0.2, -0.15) is 0 Å². The maximum Gasteiger partial charge on any atom is 0.359 e. The minimum Gasteiger partial charge on any atom is -0.451 e. The largest absolute Gasteiger partial charge is 0.451 e. The number of carbonyl (C=O) groups excluding carboxylic acids is 2. The van der Waals surface area contributed by atoms with Crippen LogP contribution >= 0.6 is 15.9 Å². The van der Waals surface area contributed by atoms with Crippen molar-refractivity contribution in [3.8, 4) is 0 Å². The van der Waals surface area contributed by atoms with Crippen molar-refractivity contribution in [3.05, 3.63) is 52.5 Å². The standard InChI is InChI=1S/C14H12BrN3O3/c1-9-6-17-12(7-16-9)14(20)21-8-13(19)18-11-4-2-3-10(15)5-11/h2-7H,8H2,1H3,(H,18,19). The number of hydrogen-bond donors (Lipinski definition) is 1. The first kappa shape index (κ1) is 15.1.